The van der Waals surface area contributed by atoms with E-state index in [9.17, 15) is 9.59 Å². The van der Waals surface area contributed by atoms with Crippen LogP contribution in [0.15, 0.2) is 64.8 Å². The van der Waals surface area contributed by atoms with Gasteiger partial charge in [-0.05, 0) is 36.4 Å². The molecule has 0 aliphatic rings. The number of carbonyl (C=O) groups is 2. The molecular formula is C16H15N3O2. The van der Waals surface area contributed by atoms with E-state index in [1.807, 2.05) is 30.3 Å². The highest BCUT2D eigenvalue weighted by Crippen LogP contribution is 2.22. The molecule has 0 radical (unpaired) electrons. The molecular weight excluding hydrogens is 266 g/mol. The Balaban J connectivity index is 2.17. The minimum Gasteiger partial charge on any atom is -0.274 e. The molecule has 0 atom stereocenters. The second-order valence-electron chi connectivity index (χ2n) is 4.43. The SMILES string of the molecule is CC(=O)N(C(C)=O)c1ccc(N=Nc2ccccc2)cc1. The lowest BCUT2D eigenvalue weighted by Gasteiger charge is -2.16. The molecule has 0 bridgehead atoms. The van der Waals surface area contributed by atoms with Crippen LogP contribution in [0.2, 0.25) is 0 Å². The first-order valence-corrected chi connectivity index (χ1v) is 6.46. The molecule has 21 heavy (non-hydrogen) atoms. The number of hydrogen-bond acceptors (Lipinski definition) is 4. The fraction of sp³-hybridized carbons (Fsp3) is 0.125. The minimum absolute atomic E-state index is 0.318. The lowest BCUT2D eigenvalue weighted by molar-refractivity contribution is -0.124. The van der Waals surface area contributed by atoms with Crippen LogP contribution in [0.4, 0.5) is 17.1 Å². The summed E-state index contributed by atoms with van der Waals surface area (Å²) in [4.78, 5) is 24.0. The molecule has 0 spiro atoms. The minimum atomic E-state index is -0.318. The number of hydrogen-bond donors (Lipinski definition) is 0. The van der Waals surface area contributed by atoms with Crippen molar-refractivity contribution in [3.8, 4) is 0 Å². The van der Waals surface area contributed by atoms with Crippen molar-refractivity contribution >= 4 is 28.9 Å². The van der Waals surface area contributed by atoms with Crippen molar-refractivity contribution in [3.05, 3.63) is 54.6 Å². The zero-order valence-corrected chi connectivity index (χ0v) is 11.9. The second kappa shape index (κ2) is 6.56. The first-order chi connectivity index (χ1) is 10.1. The van der Waals surface area contributed by atoms with Crippen molar-refractivity contribution in [3.63, 3.8) is 0 Å². The zero-order chi connectivity index (χ0) is 15.2. The molecule has 0 aromatic heterocycles. The van der Waals surface area contributed by atoms with Crippen molar-refractivity contribution in [1.82, 2.24) is 0 Å². The molecule has 5 nitrogen and oxygen atoms in total. The lowest BCUT2D eigenvalue weighted by atomic mass is 10.2. The molecule has 2 rings (SSSR count). The number of anilines is 1. The summed E-state index contributed by atoms with van der Waals surface area (Å²) in [6, 6.07) is 16.1. The van der Waals surface area contributed by atoms with Crippen LogP contribution in [-0.2, 0) is 9.59 Å². The second-order valence-corrected chi connectivity index (χ2v) is 4.43. The Hall–Kier alpha value is -2.82. The number of amides is 2. The van der Waals surface area contributed by atoms with Crippen LogP contribution < -0.4 is 4.90 Å². The predicted octanol–water partition coefficient (Wildman–Crippen LogP) is 4.00. The summed E-state index contributed by atoms with van der Waals surface area (Å²) in [6.07, 6.45) is 0. The summed E-state index contributed by atoms with van der Waals surface area (Å²) in [7, 11) is 0. The van der Waals surface area contributed by atoms with Gasteiger partial charge in [-0.15, -0.1) is 0 Å². The number of nitrogens with zero attached hydrogens (tertiary/aromatic N) is 3. The fourth-order valence-electron chi connectivity index (χ4n) is 1.86. The Morgan fingerprint density at radius 1 is 0.762 bits per heavy atom. The van der Waals surface area contributed by atoms with E-state index in [2.05, 4.69) is 10.2 Å². The smallest absolute Gasteiger partial charge is 0.230 e. The van der Waals surface area contributed by atoms with Gasteiger partial charge in [-0.1, -0.05) is 18.2 Å². The van der Waals surface area contributed by atoms with E-state index in [1.165, 1.54) is 13.8 Å². The lowest BCUT2D eigenvalue weighted by Crippen LogP contribution is -2.32. The molecule has 0 saturated heterocycles. The maximum Gasteiger partial charge on any atom is 0.230 e. The van der Waals surface area contributed by atoms with Crippen molar-refractivity contribution in [2.75, 3.05) is 4.90 Å². The highest BCUT2D eigenvalue weighted by molar-refractivity contribution is 6.13. The summed E-state index contributed by atoms with van der Waals surface area (Å²) < 4.78 is 0. The average Bonchev–Trinajstić information content (AvgIpc) is 2.47. The molecule has 5 heteroatoms. The van der Waals surface area contributed by atoms with Crippen LogP contribution in [0, 0.1) is 0 Å². The third kappa shape index (κ3) is 3.82. The highest BCUT2D eigenvalue weighted by Gasteiger charge is 2.15. The summed E-state index contributed by atoms with van der Waals surface area (Å²) in [5.41, 5.74) is 1.93. The van der Waals surface area contributed by atoms with E-state index in [0.717, 1.165) is 10.6 Å². The van der Waals surface area contributed by atoms with Gasteiger partial charge >= 0.3 is 0 Å². The Bertz CT molecular complexity index is 650. The Morgan fingerprint density at radius 2 is 1.24 bits per heavy atom. The van der Waals surface area contributed by atoms with Gasteiger partial charge in [0.25, 0.3) is 0 Å². The van der Waals surface area contributed by atoms with Crippen molar-refractivity contribution in [2.24, 2.45) is 10.2 Å². The Morgan fingerprint density at radius 3 is 1.71 bits per heavy atom. The van der Waals surface area contributed by atoms with E-state index in [4.69, 9.17) is 0 Å². The fourth-order valence-corrected chi connectivity index (χ4v) is 1.86. The molecule has 106 valence electrons. The van der Waals surface area contributed by atoms with Crippen LogP contribution in [0.1, 0.15) is 13.8 Å². The van der Waals surface area contributed by atoms with Gasteiger partial charge in [-0.25, -0.2) is 0 Å². The maximum atomic E-state index is 11.4. The van der Waals surface area contributed by atoms with Gasteiger partial charge in [0.1, 0.15) is 0 Å². The normalized spacial score (nSPS) is 10.6. The third-order valence-electron chi connectivity index (χ3n) is 2.77. The van der Waals surface area contributed by atoms with Gasteiger partial charge in [0, 0.05) is 13.8 Å². The summed E-state index contributed by atoms with van der Waals surface area (Å²) in [5, 5.41) is 8.20. The van der Waals surface area contributed by atoms with Crippen molar-refractivity contribution in [2.45, 2.75) is 13.8 Å². The van der Waals surface area contributed by atoms with Crippen molar-refractivity contribution < 1.29 is 9.59 Å². The van der Waals surface area contributed by atoms with E-state index in [0.29, 0.717) is 11.4 Å². The number of carbonyl (C=O) groups excluding carboxylic acids is 2. The van der Waals surface area contributed by atoms with Gasteiger partial charge in [-0.2, -0.15) is 10.2 Å². The standard InChI is InChI=1S/C16H15N3O2/c1-12(20)19(13(2)21)16-10-8-15(9-11-16)18-17-14-6-4-3-5-7-14/h3-11H,1-2H3. The molecule has 0 aliphatic heterocycles. The monoisotopic (exact) mass is 281 g/mol. The van der Waals surface area contributed by atoms with Gasteiger partial charge in [0.2, 0.25) is 11.8 Å². The van der Waals surface area contributed by atoms with E-state index >= 15 is 0 Å². The van der Waals surface area contributed by atoms with E-state index < -0.39 is 0 Å². The number of imide groups is 1. The predicted molar refractivity (Wildman–Crippen MR) is 80.9 cm³/mol. The summed E-state index contributed by atoms with van der Waals surface area (Å²) >= 11 is 0. The Kier molecular flexibility index (Phi) is 4.56. The first-order valence-electron chi connectivity index (χ1n) is 6.46. The number of azo groups is 1. The molecule has 0 saturated carbocycles. The van der Waals surface area contributed by atoms with Crippen LogP contribution >= 0.6 is 0 Å². The van der Waals surface area contributed by atoms with Crippen LogP contribution in [-0.4, -0.2) is 11.8 Å². The Labute approximate surface area is 122 Å². The average molecular weight is 281 g/mol. The third-order valence-corrected chi connectivity index (χ3v) is 2.77. The molecule has 2 amide bonds. The molecule has 0 aliphatic carbocycles. The number of benzene rings is 2. The molecule has 0 N–H and O–H groups in total. The van der Waals surface area contributed by atoms with Crippen molar-refractivity contribution in [1.29, 1.82) is 0 Å². The number of rotatable bonds is 3. The first kappa shape index (κ1) is 14.6. The molecule has 0 unspecified atom stereocenters. The van der Waals surface area contributed by atoms with Gasteiger partial charge in [0.15, 0.2) is 0 Å². The molecule has 0 heterocycles. The zero-order valence-electron chi connectivity index (χ0n) is 11.9. The molecule has 2 aromatic carbocycles. The van der Waals surface area contributed by atoms with E-state index in [-0.39, 0.29) is 11.8 Å². The van der Waals surface area contributed by atoms with Crippen LogP contribution in [0.3, 0.4) is 0 Å². The topological polar surface area (TPSA) is 62.1 Å². The highest BCUT2D eigenvalue weighted by atomic mass is 16.2. The maximum absolute atomic E-state index is 11.4. The van der Waals surface area contributed by atoms with Gasteiger partial charge in [-0.3, -0.25) is 14.5 Å². The van der Waals surface area contributed by atoms with Crippen LogP contribution in [0.25, 0.3) is 0 Å². The molecule has 0 fully saturated rings. The van der Waals surface area contributed by atoms with E-state index in [1.54, 1.807) is 24.3 Å². The summed E-state index contributed by atoms with van der Waals surface area (Å²) in [5.74, 6) is -0.637. The van der Waals surface area contributed by atoms with Crippen LogP contribution in [0.5, 0.6) is 0 Å². The van der Waals surface area contributed by atoms with Gasteiger partial charge < -0.3 is 0 Å². The largest absolute Gasteiger partial charge is 0.274 e. The summed E-state index contributed by atoms with van der Waals surface area (Å²) in [6.45, 7) is 2.70. The quantitative estimate of drug-likeness (QED) is 0.798. The van der Waals surface area contributed by atoms with Gasteiger partial charge in [0.05, 0.1) is 17.1 Å². The molecule has 2 aromatic rings.